The summed E-state index contributed by atoms with van der Waals surface area (Å²) in [7, 11) is 0. The summed E-state index contributed by atoms with van der Waals surface area (Å²) in [5, 5.41) is 10.2. The summed E-state index contributed by atoms with van der Waals surface area (Å²) in [6, 6.07) is 12.6. The Morgan fingerprint density at radius 1 is 0.944 bits per heavy atom. The highest BCUT2D eigenvalue weighted by atomic mass is 32.1. The van der Waals surface area contributed by atoms with Crippen molar-refractivity contribution in [3.05, 3.63) is 57.3 Å². The number of hydrogen-bond acceptors (Lipinski definition) is 2. The van der Waals surface area contributed by atoms with Crippen molar-refractivity contribution in [3.8, 4) is 0 Å². The van der Waals surface area contributed by atoms with Crippen LogP contribution in [0.1, 0.15) is 40.8 Å². The Labute approximate surface area is 113 Å². The van der Waals surface area contributed by atoms with Crippen LogP contribution in [-0.2, 0) is 19.3 Å². The number of aryl methyl sites for hydroxylation is 2. The van der Waals surface area contributed by atoms with Gasteiger partial charge in [0.15, 0.2) is 0 Å². The number of hydrogen-bond donors (Lipinski definition) is 1. The monoisotopic (exact) mass is 260 g/mol. The summed E-state index contributed by atoms with van der Waals surface area (Å²) in [5.74, 6) is 0. The minimum Gasteiger partial charge on any atom is -0.388 e. The molecule has 1 aromatic heterocycles. The van der Waals surface area contributed by atoms with Gasteiger partial charge in [-0.1, -0.05) is 38.1 Å². The van der Waals surface area contributed by atoms with E-state index in [0.717, 1.165) is 24.8 Å². The molecule has 0 aliphatic carbocycles. The molecule has 0 spiro atoms. The van der Waals surface area contributed by atoms with Crippen LogP contribution in [0.5, 0.6) is 0 Å². The maximum Gasteiger partial charge on any atom is 0.0838 e. The molecule has 1 heterocycles. The molecule has 1 unspecified atom stereocenters. The van der Waals surface area contributed by atoms with Crippen molar-refractivity contribution in [2.75, 3.05) is 0 Å². The minimum absolute atomic E-state index is 0.390. The first-order valence-electron chi connectivity index (χ1n) is 6.57. The van der Waals surface area contributed by atoms with E-state index in [4.69, 9.17) is 0 Å². The predicted molar refractivity (Wildman–Crippen MR) is 78.2 cm³/mol. The zero-order valence-electron chi connectivity index (χ0n) is 11.0. The highest BCUT2D eigenvalue weighted by Crippen LogP contribution is 2.24. The van der Waals surface area contributed by atoms with Gasteiger partial charge in [0, 0.05) is 16.2 Å². The summed E-state index contributed by atoms with van der Waals surface area (Å²) < 4.78 is 0. The fourth-order valence-electron chi connectivity index (χ4n) is 2.01. The highest BCUT2D eigenvalue weighted by molar-refractivity contribution is 7.11. The predicted octanol–water partition coefficient (Wildman–Crippen LogP) is 4.15. The Morgan fingerprint density at radius 3 is 2.17 bits per heavy atom. The number of benzene rings is 1. The van der Waals surface area contributed by atoms with Crippen LogP contribution in [0, 0.1) is 0 Å². The molecule has 0 radical (unpaired) electrons. The molecule has 2 heteroatoms. The van der Waals surface area contributed by atoms with Gasteiger partial charge in [0.05, 0.1) is 6.10 Å². The highest BCUT2D eigenvalue weighted by Gasteiger charge is 2.10. The molecule has 18 heavy (non-hydrogen) atoms. The fraction of sp³-hybridized carbons (Fsp3) is 0.375. The van der Waals surface area contributed by atoms with E-state index in [1.54, 1.807) is 11.3 Å². The Morgan fingerprint density at radius 2 is 1.61 bits per heavy atom. The van der Waals surface area contributed by atoms with E-state index in [9.17, 15) is 5.11 Å². The summed E-state index contributed by atoms with van der Waals surface area (Å²) in [6.07, 6.45) is 2.45. The van der Waals surface area contributed by atoms with Gasteiger partial charge in [0.1, 0.15) is 0 Å². The van der Waals surface area contributed by atoms with Gasteiger partial charge in [0.2, 0.25) is 0 Å². The lowest BCUT2D eigenvalue weighted by atomic mass is 10.0. The van der Waals surface area contributed by atoms with Crippen LogP contribution in [0.15, 0.2) is 36.4 Å². The van der Waals surface area contributed by atoms with E-state index >= 15 is 0 Å². The van der Waals surface area contributed by atoms with Crippen molar-refractivity contribution in [1.82, 2.24) is 0 Å². The van der Waals surface area contributed by atoms with E-state index in [-0.39, 0.29) is 6.10 Å². The van der Waals surface area contributed by atoms with E-state index in [2.05, 4.69) is 38.1 Å². The smallest absolute Gasteiger partial charge is 0.0838 e. The molecule has 0 amide bonds. The average molecular weight is 260 g/mol. The van der Waals surface area contributed by atoms with Gasteiger partial charge >= 0.3 is 0 Å². The van der Waals surface area contributed by atoms with Crippen LogP contribution in [0.4, 0.5) is 0 Å². The Bertz CT molecular complexity index is 484. The number of thiophene rings is 1. The third-order valence-electron chi connectivity index (χ3n) is 3.23. The number of aliphatic hydroxyl groups is 1. The molecule has 96 valence electrons. The zero-order chi connectivity index (χ0) is 13.0. The molecule has 1 N–H and O–H groups in total. The third kappa shape index (κ3) is 3.21. The summed E-state index contributed by atoms with van der Waals surface area (Å²) in [6.45, 7) is 4.30. The van der Waals surface area contributed by atoms with Crippen molar-refractivity contribution < 1.29 is 5.11 Å². The second-order valence-corrected chi connectivity index (χ2v) is 5.79. The molecular formula is C16H20OS. The molecular weight excluding hydrogens is 240 g/mol. The maximum absolute atomic E-state index is 10.2. The van der Waals surface area contributed by atoms with Gasteiger partial charge in [-0.25, -0.2) is 0 Å². The number of rotatable bonds is 5. The molecule has 0 aliphatic rings. The SMILES string of the molecule is CCc1ccc(C(O)Cc2ccc(CC)s2)cc1. The minimum atomic E-state index is -0.390. The van der Waals surface area contributed by atoms with Crippen molar-refractivity contribution in [1.29, 1.82) is 0 Å². The summed E-state index contributed by atoms with van der Waals surface area (Å²) >= 11 is 1.80. The quantitative estimate of drug-likeness (QED) is 0.856. The molecule has 2 rings (SSSR count). The van der Waals surface area contributed by atoms with Crippen molar-refractivity contribution >= 4 is 11.3 Å². The van der Waals surface area contributed by atoms with Gasteiger partial charge in [-0.3, -0.25) is 0 Å². The van der Waals surface area contributed by atoms with Gasteiger partial charge in [-0.15, -0.1) is 11.3 Å². The first-order valence-corrected chi connectivity index (χ1v) is 7.39. The molecule has 1 nitrogen and oxygen atoms in total. The van der Waals surface area contributed by atoms with Crippen LogP contribution >= 0.6 is 11.3 Å². The van der Waals surface area contributed by atoms with Gasteiger partial charge in [-0.05, 0) is 36.1 Å². The lowest BCUT2D eigenvalue weighted by Crippen LogP contribution is -2.00. The van der Waals surface area contributed by atoms with Gasteiger partial charge < -0.3 is 5.11 Å². The third-order valence-corrected chi connectivity index (χ3v) is 4.48. The molecule has 0 bridgehead atoms. The van der Waals surface area contributed by atoms with E-state index in [0.29, 0.717) is 0 Å². The molecule has 0 saturated carbocycles. The van der Waals surface area contributed by atoms with E-state index < -0.39 is 0 Å². The fourth-order valence-corrected chi connectivity index (χ4v) is 3.00. The van der Waals surface area contributed by atoms with Crippen LogP contribution in [0.3, 0.4) is 0 Å². The molecule has 2 aromatic rings. The normalized spacial score (nSPS) is 12.6. The zero-order valence-corrected chi connectivity index (χ0v) is 11.8. The standard InChI is InChI=1S/C16H20OS/c1-3-12-5-7-13(8-6-12)16(17)11-15-10-9-14(4-2)18-15/h5-10,16-17H,3-4,11H2,1-2H3. The Balaban J connectivity index is 2.03. The topological polar surface area (TPSA) is 20.2 Å². The lowest BCUT2D eigenvalue weighted by Gasteiger charge is -2.10. The molecule has 0 aliphatic heterocycles. The van der Waals surface area contributed by atoms with Crippen LogP contribution < -0.4 is 0 Å². The Hall–Kier alpha value is -1.12. The second-order valence-electron chi connectivity index (χ2n) is 4.54. The molecule has 1 atom stereocenters. The Kier molecular flexibility index (Phi) is 4.56. The van der Waals surface area contributed by atoms with Gasteiger partial charge in [0.25, 0.3) is 0 Å². The van der Waals surface area contributed by atoms with Gasteiger partial charge in [-0.2, -0.15) is 0 Å². The second kappa shape index (κ2) is 6.17. The lowest BCUT2D eigenvalue weighted by molar-refractivity contribution is 0.179. The summed E-state index contributed by atoms with van der Waals surface area (Å²) in [5.41, 5.74) is 2.33. The first-order chi connectivity index (χ1) is 8.72. The van der Waals surface area contributed by atoms with E-state index in [1.165, 1.54) is 15.3 Å². The van der Waals surface area contributed by atoms with Crippen molar-refractivity contribution in [2.24, 2.45) is 0 Å². The van der Waals surface area contributed by atoms with Crippen molar-refractivity contribution in [3.63, 3.8) is 0 Å². The van der Waals surface area contributed by atoms with Crippen molar-refractivity contribution in [2.45, 2.75) is 39.2 Å². The average Bonchev–Trinajstić information content (AvgIpc) is 2.86. The number of aliphatic hydroxyl groups excluding tert-OH is 1. The molecule has 0 fully saturated rings. The molecule has 1 aromatic carbocycles. The van der Waals surface area contributed by atoms with Crippen LogP contribution in [0.2, 0.25) is 0 Å². The molecule has 0 saturated heterocycles. The largest absolute Gasteiger partial charge is 0.388 e. The van der Waals surface area contributed by atoms with Crippen LogP contribution in [0.25, 0.3) is 0 Å². The summed E-state index contributed by atoms with van der Waals surface area (Å²) in [4.78, 5) is 2.65. The van der Waals surface area contributed by atoms with Crippen LogP contribution in [-0.4, -0.2) is 5.11 Å². The first kappa shape index (κ1) is 13.3. The maximum atomic E-state index is 10.2. The van der Waals surface area contributed by atoms with E-state index in [1.807, 2.05) is 12.1 Å².